The van der Waals surface area contributed by atoms with Crippen LogP contribution < -0.4 is 0 Å². The van der Waals surface area contributed by atoms with Gasteiger partial charge in [0, 0.05) is 6.21 Å². The molecule has 0 atom stereocenters. The molecule has 1 nitrogen and oxygen atoms in total. The van der Waals surface area contributed by atoms with Gasteiger partial charge in [-0.3, -0.25) is 0 Å². The van der Waals surface area contributed by atoms with Crippen LogP contribution in [0.5, 0.6) is 0 Å². The van der Waals surface area contributed by atoms with Gasteiger partial charge in [-0.15, -0.1) is 0 Å². The van der Waals surface area contributed by atoms with E-state index < -0.39 is 0 Å². The third-order valence-electron chi connectivity index (χ3n) is 2.44. The van der Waals surface area contributed by atoms with E-state index in [1.807, 2.05) is 6.92 Å². The molecule has 0 amide bonds. The van der Waals surface area contributed by atoms with Crippen molar-refractivity contribution in [1.82, 2.24) is 0 Å². The molecule has 0 heterocycles. The summed E-state index contributed by atoms with van der Waals surface area (Å²) in [6.07, 6.45) is 10.2. The largest absolute Gasteiger partial charge is 0.309 e. The van der Waals surface area contributed by atoms with Gasteiger partial charge in [-0.2, -0.15) is 0 Å². The Kier molecular flexibility index (Phi) is 7.61. The molecule has 0 rings (SSSR count). The van der Waals surface area contributed by atoms with E-state index in [1.165, 1.54) is 31.1 Å². The molecule has 0 aliphatic heterocycles. The summed E-state index contributed by atoms with van der Waals surface area (Å²) in [6.45, 7) is 10.4. The SMILES string of the molecule is C=C(/C=C(\C)CCCCC)/C(C)=C\C=N. The zero-order valence-electron chi connectivity index (χ0n) is 10.3. The second-order valence-electron chi connectivity index (χ2n) is 3.99. The third kappa shape index (κ3) is 6.89. The van der Waals surface area contributed by atoms with Crippen LogP contribution in [0, 0.1) is 5.41 Å². The average Bonchev–Trinajstić information content (AvgIpc) is 2.18. The zero-order chi connectivity index (χ0) is 11.7. The highest BCUT2D eigenvalue weighted by molar-refractivity contribution is 5.70. The Bertz CT molecular complexity index is 269. The maximum absolute atomic E-state index is 6.98. The number of unbranched alkanes of at least 4 members (excludes halogenated alkanes) is 2. The number of allylic oxidation sites excluding steroid dienone is 5. The minimum absolute atomic E-state index is 1.02. The van der Waals surface area contributed by atoms with E-state index in [4.69, 9.17) is 5.41 Å². The first-order valence-electron chi connectivity index (χ1n) is 5.65. The number of hydrogen-bond donors (Lipinski definition) is 1. The molecule has 84 valence electrons. The normalized spacial score (nSPS) is 12.7. The molecule has 0 saturated heterocycles. The summed E-state index contributed by atoms with van der Waals surface area (Å²) in [6, 6.07) is 0. The standard InChI is InChI=1S/C14H23N/c1-5-6-7-8-12(2)11-14(4)13(3)9-10-15/h9-11,15H,4-8H2,1-3H3/b12-11+,13-9-,15-10?. The lowest BCUT2D eigenvalue weighted by Gasteiger charge is -2.03. The lowest BCUT2D eigenvalue weighted by atomic mass is 10.0. The van der Waals surface area contributed by atoms with Crippen LogP contribution in [0.1, 0.15) is 46.5 Å². The Morgan fingerprint density at radius 3 is 2.47 bits per heavy atom. The topological polar surface area (TPSA) is 23.9 Å². The van der Waals surface area contributed by atoms with Gasteiger partial charge in [0.25, 0.3) is 0 Å². The highest BCUT2D eigenvalue weighted by Gasteiger charge is 1.95. The van der Waals surface area contributed by atoms with Gasteiger partial charge in [0.05, 0.1) is 0 Å². The van der Waals surface area contributed by atoms with Gasteiger partial charge in [0.15, 0.2) is 0 Å². The minimum Gasteiger partial charge on any atom is -0.309 e. The maximum Gasteiger partial charge on any atom is 0.0180 e. The van der Waals surface area contributed by atoms with E-state index in [0.29, 0.717) is 0 Å². The van der Waals surface area contributed by atoms with Crippen LogP contribution in [0.25, 0.3) is 0 Å². The fraction of sp³-hybridized carbons (Fsp3) is 0.500. The molecule has 0 bridgehead atoms. The van der Waals surface area contributed by atoms with Crippen LogP contribution in [0.15, 0.2) is 35.5 Å². The third-order valence-corrected chi connectivity index (χ3v) is 2.44. The summed E-state index contributed by atoms with van der Waals surface area (Å²) in [5.74, 6) is 0. The minimum atomic E-state index is 1.02. The molecule has 1 heteroatoms. The Labute approximate surface area is 94.1 Å². The Morgan fingerprint density at radius 1 is 1.27 bits per heavy atom. The Hall–Kier alpha value is -1.11. The van der Waals surface area contributed by atoms with Gasteiger partial charge in [-0.25, -0.2) is 0 Å². The fourth-order valence-electron chi connectivity index (χ4n) is 1.37. The van der Waals surface area contributed by atoms with Crippen molar-refractivity contribution < 1.29 is 0 Å². The molecule has 0 saturated carbocycles. The molecule has 0 aliphatic carbocycles. The van der Waals surface area contributed by atoms with Crippen LogP contribution in [-0.2, 0) is 0 Å². The Morgan fingerprint density at radius 2 is 1.93 bits per heavy atom. The van der Waals surface area contributed by atoms with Crippen molar-refractivity contribution in [2.75, 3.05) is 0 Å². The molecule has 0 spiro atoms. The first-order valence-corrected chi connectivity index (χ1v) is 5.65. The molecule has 0 fully saturated rings. The van der Waals surface area contributed by atoms with E-state index in [-0.39, 0.29) is 0 Å². The molecule has 0 unspecified atom stereocenters. The van der Waals surface area contributed by atoms with Crippen molar-refractivity contribution >= 4 is 6.21 Å². The second-order valence-corrected chi connectivity index (χ2v) is 3.99. The molecule has 1 N–H and O–H groups in total. The monoisotopic (exact) mass is 205 g/mol. The predicted molar refractivity (Wildman–Crippen MR) is 69.6 cm³/mol. The van der Waals surface area contributed by atoms with E-state index in [1.54, 1.807) is 6.08 Å². The predicted octanol–water partition coefficient (Wildman–Crippen LogP) is 4.67. The quantitative estimate of drug-likeness (QED) is 0.355. The molecule has 0 radical (unpaired) electrons. The lowest BCUT2D eigenvalue weighted by Crippen LogP contribution is -1.84. The Balaban J connectivity index is 4.17. The van der Waals surface area contributed by atoms with Crippen molar-refractivity contribution in [3.05, 3.63) is 35.5 Å². The summed E-state index contributed by atoms with van der Waals surface area (Å²) in [5.41, 5.74) is 3.47. The summed E-state index contributed by atoms with van der Waals surface area (Å²) in [7, 11) is 0. The smallest absolute Gasteiger partial charge is 0.0180 e. The first kappa shape index (κ1) is 13.9. The van der Waals surface area contributed by atoms with Gasteiger partial charge >= 0.3 is 0 Å². The van der Waals surface area contributed by atoms with E-state index in [9.17, 15) is 0 Å². The van der Waals surface area contributed by atoms with Crippen molar-refractivity contribution in [3.63, 3.8) is 0 Å². The van der Waals surface area contributed by atoms with Crippen molar-refractivity contribution in [2.45, 2.75) is 46.5 Å². The lowest BCUT2D eigenvalue weighted by molar-refractivity contribution is 0.713. The summed E-state index contributed by atoms with van der Waals surface area (Å²) in [5, 5.41) is 6.98. The molecular weight excluding hydrogens is 182 g/mol. The van der Waals surface area contributed by atoms with E-state index >= 15 is 0 Å². The fourth-order valence-corrected chi connectivity index (χ4v) is 1.37. The van der Waals surface area contributed by atoms with Crippen LogP contribution >= 0.6 is 0 Å². The molecule has 15 heavy (non-hydrogen) atoms. The number of nitrogens with one attached hydrogen (secondary N) is 1. The van der Waals surface area contributed by atoms with Gasteiger partial charge in [0.1, 0.15) is 0 Å². The molecule has 0 aliphatic rings. The second kappa shape index (κ2) is 8.22. The average molecular weight is 205 g/mol. The van der Waals surface area contributed by atoms with Crippen LogP contribution in [-0.4, -0.2) is 6.21 Å². The molecule has 0 aromatic carbocycles. The van der Waals surface area contributed by atoms with Crippen LogP contribution in [0.3, 0.4) is 0 Å². The van der Waals surface area contributed by atoms with Gasteiger partial charge in [-0.1, -0.05) is 38.0 Å². The van der Waals surface area contributed by atoms with E-state index in [0.717, 1.165) is 17.6 Å². The first-order chi connectivity index (χ1) is 7.11. The number of rotatable bonds is 7. The van der Waals surface area contributed by atoms with Crippen molar-refractivity contribution in [1.29, 1.82) is 5.41 Å². The summed E-state index contributed by atoms with van der Waals surface area (Å²) in [4.78, 5) is 0. The van der Waals surface area contributed by atoms with Crippen molar-refractivity contribution in [3.8, 4) is 0 Å². The molecule has 0 aromatic heterocycles. The summed E-state index contributed by atoms with van der Waals surface area (Å²) >= 11 is 0. The summed E-state index contributed by atoms with van der Waals surface area (Å²) < 4.78 is 0. The van der Waals surface area contributed by atoms with E-state index in [2.05, 4.69) is 26.5 Å². The van der Waals surface area contributed by atoms with Gasteiger partial charge in [0.2, 0.25) is 0 Å². The van der Waals surface area contributed by atoms with Gasteiger partial charge in [-0.05, 0) is 43.9 Å². The number of hydrogen-bond acceptors (Lipinski definition) is 1. The highest BCUT2D eigenvalue weighted by Crippen LogP contribution is 2.14. The van der Waals surface area contributed by atoms with Gasteiger partial charge < -0.3 is 5.41 Å². The van der Waals surface area contributed by atoms with Crippen LogP contribution in [0.2, 0.25) is 0 Å². The maximum atomic E-state index is 6.98. The molecular formula is C14H23N. The van der Waals surface area contributed by atoms with Crippen LogP contribution in [0.4, 0.5) is 0 Å². The zero-order valence-corrected chi connectivity index (χ0v) is 10.3. The van der Waals surface area contributed by atoms with Crippen molar-refractivity contribution in [2.24, 2.45) is 0 Å². The molecule has 0 aromatic rings. The highest BCUT2D eigenvalue weighted by atomic mass is 14.3.